The zero-order valence-electron chi connectivity index (χ0n) is 16.8. The van der Waals surface area contributed by atoms with E-state index in [2.05, 4.69) is 5.32 Å². The zero-order valence-corrected chi connectivity index (χ0v) is 16.8. The largest absolute Gasteiger partial charge is 0.472 e. The van der Waals surface area contributed by atoms with Crippen LogP contribution in [0.2, 0.25) is 0 Å². The first-order valence-corrected chi connectivity index (χ1v) is 10.1. The molecular formula is C24H28N2O4. The fourth-order valence-corrected chi connectivity index (χ4v) is 3.34. The molecule has 3 atom stereocenters. The van der Waals surface area contributed by atoms with Crippen molar-refractivity contribution in [3.8, 4) is 0 Å². The van der Waals surface area contributed by atoms with E-state index in [9.17, 15) is 9.90 Å². The predicted octanol–water partition coefficient (Wildman–Crippen LogP) is 3.44. The molecule has 0 spiro atoms. The van der Waals surface area contributed by atoms with Gasteiger partial charge in [-0.25, -0.2) is 4.79 Å². The maximum absolute atomic E-state index is 12.3. The number of ether oxygens (including phenoxy) is 1. The number of hydrogen-bond donors (Lipinski definition) is 3. The summed E-state index contributed by atoms with van der Waals surface area (Å²) in [4.78, 5) is 12.3. The third-order valence-corrected chi connectivity index (χ3v) is 4.90. The fraction of sp³-hybridized carbons (Fsp3) is 0.292. The molecule has 0 aliphatic heterocycles. The number of rotatable bonds is 10. The summed E-state index contributed by atoms with van der Waals surface area (Å²) in [5, 5.41) is 13.7. The lowest BCUT2D eigenvalue weighted by Crippen LogP contribution is -2.47. The molecule has 0 saturated carbocycles. The Morgan fingerprint density at radius 1 is 0.967 bits per heavy atom. The Hall–Kier alpha value is -3.09. The SMILES string of the molecule is N[C@@H](Cc1ccccc1)C[C@H](O)[C@H](Cc1ccccc1)NC(=O)OCc1ccoc1. The normalized spacial score (nSPS) is 13.9. The number of amides is 1. The summed E-state index contributed by atoms with van der Waals surface area (Å²) in [5.41, 5.74) is 9.16. The summed E-state index contributed by atoms with van der Waals surface area (Å²) in [6.45, 7) is 0.101. The number of alkyl carbamates (subject to hydrolysis) is 1. The van der Waals surface area contributed by atoms with E-state index in [-0.39, 0.29) is 12.6 Å². The molecule has 0 radical (unpaired) electrons. The van der Waals surface area contributed by atoms with Crippen LogP contribution < -0.4 is 11.1 Å². The summed E-state index contributed by atoms with van der Waals surface area (Å²) < 4.78 is 10.2. The number of benzene rings is 2. The number of nitrogens with two attached hydrogens (primary N) is 1. The third-order valence-electron chi connectivity index (χ3n) is 4.90. The van der Waals surface area contributed by atoms with Gasteiger partial charge in [-0.3, -0.25) is 0 Å². The first-order valence-electron chi connectivity index (χ1n) is 10.1. The van der Waals surface area contributed by atoms with Crippen molar-refractivity contribution in [1.29, 1.82) is 0 Å². The van der Waals surface area contributed by atoms with Gasteiger partial charge in [0.25, 0.3) is 0 Å². The summed E-state index contributed by atoms with van der Waals surface area (Å²) in [7, 11) is 0. The Labute approximate surface area is 176 Å². The van der Waals surface area contributed by atoms with Crippen LogP contribution in [-0.2, 0) is 24.2 Å². The fourth-order valence-electron chi connectivity index (χ4n) is 3.34. The van der Waals surface area contributed by atoms with Gasteiger partial charge in [0.15, 0.2) is 0 Å². The van der Waals surface area contributed by atoms with Crippen molar-refractivity contribution in [3.05, 3.63) is 95.9 Å². The van der Waals surface area contributed by atoms with Crippen LogP contribution in [0.3, 0.4) is 0 Å². The standard InChI is InChI=1S/C24H28N2O4/c25-21(13-18-7-3-1-4-8-18)15-23(27)22(14-19-9-5-2-6-10-19)26-24(28)30-17-20-11-12-29-16-20/h1-12,16,21-23,27H,13-15,17,25H2,(H,26,28)/t21-,22-,23-/m0/s1. The number of nitrogens with one attached hydrogen (secondary N) is 1. The molecule has 0 fully saturated rings. The first-order chi connectivity index (χ1) is 14.6. The number of carbonyl (C=O) groups excluding carboxylic acids is 1. The van der Waals surface area contributed by atoms with Gasteiger partial charge >= 0.3 is 6.09 Å². The Morgan fingerprint density at radius 3 is 2.20 bits per heavy atom. The van der Waals surface area contributed by atoms with Gasteiger partial charge in [0.1, 0.15) is 6.61 Å². The molecule has 3 rings (SSSR count). The summed E-state index contributed by atoms with van der Waals surface area (Å²) in [6.07, 6.45) is 3.12. The lowest BCUT2D eigenvalue weighted by molar-refractivity contribution is 0.0921. The minimum absolute atomic E-state index is 0.101. The highest BCUT2D eigenvalue weighted by molar-refractivity contribution is 5.67. The van der Waals surface area contributed by atoms with Crippen LogP contribution in [0.1, 0.15) is 23.1 Å². The van der Waals surface area contributed by atoms with Crippen LogP contribution in [0.25, 0.3) is 0 Å². The molecule has 3 aromatic rings. The molecule has 2 aromatic carbocycles. The third kappa shape index (κ3) is 7.06. The molecular weight excluding hydrogens is 380 g/mol. The van der Waals surface area contributed by atoms with Gasteiger partial charge < -0.3 is 25.3 Å². The van der Waals surface area contributed by atoms with E-state index >= 15 is 0 Å². The van der Waals surface area contributed by atoms with Gasteiger partial charge in [-0.1, -0.05) is 60.7 Å². The summed E-state index contributed by atoms with van der Waals surface area (Å²) in [6, 6.07) is 20.6. The zero-order chi connectivity index (χ0) is 21.2. The highest BCUT2D eigenvalue weighted by atomic mass is 16.5. The Bertz CT molecular complexity index is 869. The van der Waals surface area contributed by atoms with Crippen molar-refractivity contribution < 1.29 is 19.1 Å². The predicted molar refractivity (Wildman–Crippen MR) is 115 cm³/mol. The molecule has 6 nitrogen and oxygen atoms in total. The molecule has 4 N–H and O–H groups in total. The molecule has 0 aliphatic rings. The monoisotopic (exact) mass is 408 g/mol. The maximum Gasteiger partial charge on any atom is 0.407 e. The van der Waals surface area contributed by atoms with Gasteiger partial charge in [-0.05, 0) is 36.5 Å². The number of aliphatic hydroxyl groups excluding tert-OH is 1. The quantitative estimate of drug-likeness (QED) is 0.477. The van der Waals surface area contributed by atoms with E-state index in [0.717, 1.165) is 16.7 Å². The van der Waals surface area contributed by atoms with Crippen molar-refractivity contribution in [2.24, 2.45) is 5.73 Å². The number of carbonyl (C=O) groups is 1. The average molecular weight is 408 g/mol. The van der Waals surface area contributed by atoms with Gasteiger partial charge in [0.05, 0.1) is 24.7 Å². The molecule has 0 unspecified atom stereocenters. The molecule has 30 heavy (non-hydrogen) atoms. The highest BCUT2D eigenvalue weighted by Gasteiger charge is 2.24. The molecule has 0 saturated heterocycles. The van der Waals surface area contributed by atoms with Crippen LogP contribution in [-0.4, -0.2) is 29.4 Å². The first kappa shape index (κ1) is 21.6. The molecule has 0 bridgehead atoms. The minimum Gasteiger partial charge on any atom is -0.472 e. The second-order valence-electron chi connectivity index (χ2n) is 7.40. The molecule has 1 amide bonds. The van der Waals surface area contributed by atoms with Gasteiger partial charge in [0, 0.05) is 11.6 Å². The van der Waals surface area contributed by atoms with Gasteiger partial charge in [0.2, 0.25) is 0 Å². The Kier molecular flexibility index (Phi) is 8.06. The number of hydrogen-bond acceptors (Lipinski definition) is 5. The Balaban J connectivity index is 1.59. The number of furan rings is 1. The summed E-state index contributed by atoms with van der Waals surface area (Å²) >= 11 is 0. The van der Waals surface area contributed by atoms with Crippen LogP contribution in [0, 0.1) is 0 Å². The maximum atomic E-state index is 12.3. The minimum atomic E-state index is -0.814. The van der Waals surface area contributed by atoms with E-state index in [4.69, 9.17) is 14.9 Å². The van der Waals surface area contributed by atoms with E-state index in [1.54, 1.807) is 6.07 Å². The Morgan fingerprint density at radius 2 is 1.60 bits per heavy atom. The molecule has 6 heteroatoms. The van der Waals surface area contributed by atoms with Crippen LogP contribution in [0.5, 0.6) is 0 Å². The molecule has 158 valence electrons. The highest BCUT2D eigenvalue weighted by Crippen LogP contribution is 2.13. The van der Waals surface area contributed by atoms with Crippen molar-refractivity contribution in [1.82, 2.24) is 5.32 Å². The van der Waals surface area contributed by atoms with E-state index < -0.39 is 18.2 Å². The van der Waals surface area contributed by atoms with E-state index in [0.29, 0.717) is 19.3 Å². The van der Waals surface area contributed by atoms with Gasteiger partial charge in [-0.2, -0.15) is 0 Å². The lowest BCUT2D eigenvalue weighted by atomic mass is 9.94. The van der Waals surface area contributed by atoms with Crippen molar-refractivity contribution >= 4 is 6.09 Å². The lowest BCUT2D eigenvalue weighted by Gasteiger charge is -2.26. The second kappa shape index (κ2) is 11.2. The average Bonchev–Trinajstić information content (AvgIpc) is 3.27. The van der Waals surface area contributed by atoms with E-state index in [1.807, 2.05) is 60.7 Å². The van der Waals surface area contributed by atoms with Gasteiger partial charge in [-0.15, -0.1) is 0 Å². The smallest absolute Gasteiger partial charge is 0.407 e. The molecule has 1 aromatic heterocycles. The molecule has 1 heterocycles. The second-order valence-corrected chi connectivity index (χ2v) is 7.40. The topological polar surface area (TPSA) is 97.7 Å². The van der Waals surface area contributed by atoms with Crippen molar-refractivity contribution in [2.45, 2.75) is 44.1 Å². The molecule has 0 aliphatic carbocycles. The van der Waals surface area contributed by atoms with Crippen molar-refractivity contribution in [2.75, 3.05) is 0 Å². The summed E-state index contributed by atoms with van der Waals surface area (Å²) in [5.74, 6) is 0. The van der Waals surface area contributed by atoms with E-state index in [1.165, 1.54) is 12.5 Å². The van der Waals surface area contributed by atoms with Crippen LogP contribution >= 0.6 is 0 Å². The number of aliphatic hydroxyl groups is 1. The van der Waals surface area contributed by atoms with Crippen LogP contribution in [0.15, 0.2) is 83.7 Å². The van der Waals surface area contributed by atoms with Crippen molar-refractivity contribution in [3.63, 3.8) is 0 Å². The van der Waals surface area contributed by atoms with Crippen LogP contribution in [0.4, 0.5) is 4.79 Å².